The number of thiophene rings is 1. The highest BCUT2D eigenvalue weighted by Crippen LogP contribution is 2.22. The molecule has 0 aliphatic rings. The van der Waals surface area contributed by atoms with Crippen LogP contribution in [0, 0.1) is 13.8 Å². The molecule has 3 aromatic rings. The molecule has 2 aromatic heterocycles. The lowest BCUT2D eigenvalue weighted by Crippen LogP contribution is -2.35. The number of rotatable bonds is 9. The summed E-state index contributed by atoms with van der Waals surface area (Å²) in [7, 11) is -0.656. The second-order valence-corrected chi connectivity index (χ2v) is 10.7. The monoisotopic (exact) mass is 460 g/mol. The molecule has 31 heavy (non-hydrogen) atoms. The highest BCUT2D eigenvalue weighted by atomic mass is 32.2. The van der Waals surface area contributed by atoms with Gasteiger partial charge in [-0.1, -0.05) is 36.4 Å². The molecule has 0 N–H and O–H groups in total. The van der Waals surface area contributed by atoms with Gasteiger partial charge in [-0.05, 0) is 37.3 Å². The molecule has 0 saturated heterocycles. The van der Waals surface area contributed by atoms with Crippen LogP contribution < -0.4 is 0 Å². The Morgan fingerprint density at radius 3 is 2.42 bits per heavy atom. The number of carbonyl (C=O) groups is 1. The van der Waals surface area contributed by atoms with Crippen LogP contribution in [0.15, 0.2) is 52.7 Å². The Morgan fingerprint density at radius 1 is 1.10 bits per heavy atom. The van der Waals surface area contributed by atoms with E-state index in [-0.39, 0.29) is 17.3 Å². The van der Waals surface area contributed by atoms with Crippen molar-refractivity contribution >= 4 is 27.3 Å². The molecule has 0 aliphatic heterocycles. The third-order valence-corrected chi connectivity index (χ3v) is 8.06. The van der Waals surface area contributed by atoms with Gasteiger partial charge in [0.05, 0.1) is 17.9 Å². The van der Waals surface area contributed by atoms with Crippen molar-refractivity contribution in [3.63, 3.8) is 0 Å². The first-order chi connectivity index (χ1) is 14.7. The summed E-state index contributed by atoms with van der Waals surface area (Å²) in [6.45, 7) is 4.44. The van der Waals surface area contributed by atoms with E-state index in [2.05, 4.69) is 5.10 Å². The molecule has 0 unspecified atom stereocenters. The van der Waals surface area contributed by atoms with Gasteiger partial charge in [-0.3, -0.25) is 9.48 Å². The summed E-state index contributed by atoms with van der Waals surface area (Å²) in [4.78, 5) is 16.3. The second kappa shape index (κ2) is 9.76. The zero-order valence-corrected chi connectivity index (χ0v) is 19.9. The lowest BCUT2D eigenvalue weighted by Gasteiger charge is -2.23. The summed E-state index contributed by atoms with van der Waals surface area (Å²) >= 11 is 1.61. The fourth-order valence-corrected chi connectivity index (χ4v) is 5.39. The normalized spacial score (nSPS) is 11.8. The molecule has 1 aromatic carbocycles. The fourth-order valence-electron chi connectivity index (χ4n) is 3.41. The highest BCUT2D eigenvalue weighted by Gasteiger charge is 2.27. The summed E-state index contributed by atoms with van der Waals surface area (Å²) in [5.74, 6) is -0.0938. The lowest BCUT2D eigenvalue weighted by atomic mass is 10.1. The van der Waals surface area contributed by atoms with E-state index < -0.39 is 10.0 Å². The number of hydrogen-bond acceptors (Lipinski definition) is 5. The van der Waals surface area contributed by atoms with Gasteiger partial charge in [0, 0.05) is 25.5 Å². The molecule has 3 rings (SSSR count). The minimum atomic E-state index is -3.63. The molecule has 9 heteroatoms. The molecule has 0 bridgehead atoms. The average Bonchev–Trinajstić information content (AvgIpc) is 3.33. The van der Waals surface area contributed by atoms with Crippen molar-refractivity contribution in [2.45, 2.75) is 38.3 Å². The van der Waals surface area contributed by atoms with E-state index in [9.17, 15) is 13.2 Å². The summed E-state index contributed by atoms with van der Waals surface area (Å²) in [6.07, 6.45) is 0.745. The van der Waals surface area contributed by atoms with Gasteiger partial charge in [0.2, 0.25) is 15.9 Å². The molecule has 0 spiro atoms. The number of nitrogens with zero attached hydrogens (tertiary/aromatic N) is 4. The Kier molecular flexibility index (Phi) is 7.30. The number of benzene rings is 1. The van der Waals surface area contributed by atoms with Gasteiger partial charge in [0.25, 0.3) is 0 Å². The van der Waals surface area contributed by atoms with E-state index in [1.807, 2.05) is 52.7 Å². The van der Waals surface area contributed by atoms with Crippen molar-refractivity contribution < 1.29 is 13.2 Å². The predicted molar refractivity (Wildman–Crippen MR) is 122 cm³/mol. The molecule has 2 heterocycles. The van der Waals surface area contributed by atoms with Gasteiger partial charge in [-0.15, -0.1) is 11.3 Å². The molecule has 1 amide bonds. The Morgan fingerprint density at radius 2 is 1.81 bits per heavy atom. The lowest BCUT2D eigenvalue weighted by molar-refractivity contribution is -0.132. The SMILES string of the molecule is Cc1nn(CC(=O)N(CCc2ccccc2)Cc2cccs2)c(C)c1S(=O)(=O)N(C)C. The van der Waals surface area contributed by atoms with E-state index in [0.717, 1.165) is 16.9 Å². The minimum Gasteiger partial charge on any atom is -0.336 e. The van der Waals surface area contributed by atoms with Crippen LogP contribution in [0.4, 0.5) is 0 Å². The van der Waals surface area contributed by atoms with Crippen molar-refractivity contribution in [1.29, 1.82) is 0 Å². The topological polar surface area (TPSA) is 75.5 Å². The van der Waals surface area contributed by atoms with Gasteiger partial charge < -0.3 is 4.90 Å². The van der Waals surface area contributed by atoms with E-state index in [4.69, 9.17) is 0 Å². The van der Waals surface area contributed by atoms with Gasteiger partial charge >= 0.3 is 0 Å². The van der Waals surface area contributed by atoms with E-state index >= 15 is 0 Å². The molecular formula is C22H28N4O3S2. The van der Waals surface area contributed by atoms with E-state index in [1.54, 1.807) is 25.2 Å². The van der Waals surface area contributed by atoms with Crippen LogP contribution in [0.2, 0.25) is 0 Å². The molecule has 0 radical (unpaired) electrons. The van der Waals surface area contributed by atoms with Crippen molar-refractivity contribution in [3.05, 3.63) is 69.7 Å². The van der Waals surface area contributed by atoms with Crippen molar-refractivity contribution in [2.75, 3.05) is 20.6 Å². The molecule has 0 fully saturated rings. The van der Waals surface area contributed by atoms with Crippen LogP contribution in [0.1, 0.15) is 21.8 Å². The summed E-state index contributed by atoms with van der Waals surface area (Å²) in [6, 6.07) is 14.0. The number of sulfonamides is 1. The standard InChI is InChI=1S/C22H28N4O3S2/c1-17-22(31(28,29)24(3)4)18(2)26(23-17)16-21(27)25(15-20-11-8-14-30-20)13-12-19-9-6-5-7-10-19/h5-11,14H,12-13,15-16H2,1-4H3. The predicted octanol–water partition coefficient (Wildman–Crippen LogP) is 3.08. The summed E-state index contributed by atoms with van der Waals surface area (Å²) in [5.41, 5.74) is 2.03. The zero-order valence-electron chi connectivity index (χ0n) is 18.3. The van der Waals surface area contributed by atoms with Gasteiger partial charge in [-0.25, -0.2) is 12.7 Å². The van der Waals surface area contributed by atoms with Gasteiger partial charge in [0.15, 0.2) is 0 Å². The Bertz CT molecular complexity index is 1120. The van der Waals surface area contributed by atoms with Crippen LogP contribution in [0.25, 0.3) is 0 Å². The zero-order chi connectivity index (χ0) is 22.6. The molecule has 0 aliphatic carbocycles. The summed E-state index contributed by atoms with van der Waals surface area (Å²) in [5, 5.41) is 6.36. The van der Waals surface area contributed by atoms with Gasteiger partial charge in [-0.2, -0.15) is 5.10 Å². The maximum atomic E-state index is 13.2. The molecule has 7 nitrogen and oxygen atoms in total. The van der Waals surface area contributed by atoms with Crippen molar-refractivity contribution in [3.8, 4) is 0 Å². The number of hydrogen-bond donors (Lipinski definition) is 0. The van der Waals surface area contributed by atoms with Crippen molar-refractivity contribution in [1.82, 2.24) is 19.0 Å². The van der Waals surface area contributed by atoms with Crippen LogP contribution in [-0.2, 0) is 34.3 Å². The highest BCUT2D eigenvalue weighted by molar-refractivity contribution is 7.89. The molecule has 0 saturated carbocycles. The second-order valence-electron chi connectivity index (χ2n) is 7.58. The van der Waals surface area contributed by atoms with Crippen molar-refractivity contribution in [2.24, 2.45) is 0 Å². The minimum absolute atomic E-state index is 0.00418. The Labute approximate surface area is 188 Å². The molecule has 0 atom stereocenters. The quantitative estimate of drug-likeness (QED) is 0.492. The smallest absolute Gasteiger partial charge is 0.246 e. The van der Waals surface area contributed by atoms with Crippen LogP contribution in [-0.4, -0.2) is 54.0 Å². The van der Waals surface area contributed by atoms with Crippen LogP contribution in [0.5, 0.6) is 0 Å². The van der Waals surface area contributed by atoms with E-state index in [0.29, 0.717) is 24.5 Å². The third-order valence-electron chi connectivity index (χ3n) is 5.13. The number of carbonyl (C=O) groups excluding carboxylic acids is 1. The average molecular weight is 461 g/mol. The number of aryl methyl sites for hydroxylation is 1. The molecule has 166 valence electrons. The fraction of sp³-hybridized carbons (Fsp3) is 0.364. The molecular weight excluding hydrogens is 432 g/mol. The first-order valence-electron chi connectivity index (χ1n) is 10.0. The van der Waals surface area contributed by atoms with Crippen LogP contribution in [0.3, 0.4) is 0 Å². The Balaban J connectivity index is 1.81. The van der Waals surface area contributed by atoms with Crippen LogP contribution >= 0.6 is 11.3 Å². The van der Waals surface area contributed by atoms with Gasteiger partial charge in [0.1, 0.15) is 11.4 Å². The largest absolute Gasteiger partial charge is 0.336 e. The number of aromatic nitrogens is 2. The first kappa shape index (κ1) is 23.2. The Hall–Kier alpha value is -2.49. The third kappa shape index (κ3) is 5.41. The maximum Gasteiger partial charge on any atom is 0.246 e. The first-order valence-corrected chi connectivity index (χ1v) is 12.3. The van der Waals surface area contributed by atoms with E-state index in [1.165, 1.54) is 23.1 Å². The summed E-state index contributed by atoms with van der Waals surface area (Å²) < 4.78 is 28.0. The number of amides is 1. The maximum absolute atomic E-state index is 13.2.